The molecule has 1 saturated heterocycles. The fourth-order valence-corrected chi connectivity index (χ4v) is 4.63. The van der Waals surface area contributed by atoms with Gasteiger partial charge in [0.25, 0.3) is 5.91 Å². The van der Waals surface area contributed by atoms with Gasteiger partial charge in [-0.05, 0) is 44.4 Å². The molecule has 2 aromatic carbocycles. The lowest BCUT2D eigenvalue weighted by Crippen LogP contribution is -2.46. The van der Waals surface area contributed by atoms with Crippen LogP contribution in [0.4, 0.5) is 28.9 Å². The van der Waals surface area contributed by atoms with Gasteiger partial charge in [-0.25, -0.2) is 17.6 Å². The number of halogens is 6. The van der Waals surface area contributed by atoms with Crippen LogP contribution in [-0.2, 0) is 0 Å². The van der Waals surface area contributed by atoms with Crippen LogP contribution < -0.4 is 20.7 Å². The number of anilines is 2. The number of hydrogen-bond acceptors (Lipinski definition) is 5. The molecule has 39 heavy (non-hydrogen) atoms. The Morgan fingerprint density at radius 3 is 2.33 bits per heavy atom. The van der Waals surface area contributed by atoms with Gasteiger partial charge in [0.05, 0.1) is 40.4 Å². The van der Waals surface area contributed by atoms with Crippen molar-refractivity contribution in [3.05, 3.63) is 71.6 Å². The van der Waals surface area contributed by atoms with Crippen molar-refractivity contribution in [3.8, 4) is 16.9 Å². The largest absolute Gasteiger partial charge is 0.491 e. The molecule has 1 amide bonds. The Morgan fingerprint density at radius 2 is 1.72 bits per heavy atom. The zero-order valence-electron chi connectivity index (χ0n) is 21.5. The molecular weight excluding hydrogens is 559 g/mol. The van der Waals surface area contributed by atoms with Gasteiger partial charge >= 0.3 is 0 Å². The number of nitrogens with one attached hydrogen (secondary N) is 1. The summed E-state index contributed by atoms with van der Waals surface area (Å²) < 4.78 is 65.1. The van der Waals surface area contributed by atoms with E-state index in [-0.39, 0.29) is 42.7 Å². The number of ether oxygens (including phenoxy) is 1. The number of nitrogens with zero attached hydrogens (tertiary/aromatic N) is 2. The number of rotatable bonds is 6. The quantitative estimate of drug-likeness (QED) is 0.327. The second-order valence-electron chi connectivity index (χ2n) is 9.57. The van der Waals surface area contributed by atoms with Crippen molar-refractivity contribution >= 4 is 42.1 Å². The number of benzene rings is 2. The highest BCUT2D eigenvalue weighted by molar-refractivity contribution is 6.06. The van der Waals surface area contributed by atoms with E-state index in [1.54, 1.807) is 26.1 Å². The summed E-state index contributed by atoms with van der Waals surface area (Å²) in [7, 11) is 0. The second kappa shape index (κ2) is 13.3. The van der Waals surface area contributed by atoms with Crippen LogP contribution in [0.1, 0.15) is 37.6 Å². The number of nitrogens with two attached hydrogens (primary N) is 1. The highest BCUT2D eigenvalue weighted by Gasteiger charge is 2.27. The monoisotopic (exact) mass is 588 g/mol. The molecule has 4 rings (SSSR count). The first-order chi connectivity index (χ1) is 17.5. The van der Waals surface area contributed by atoms with Crippen molar-refractivity contribution in [1.82, 2.24) is 4.98 Å². The van der Waals surface area contributed by atoms with Gasteiger partial charge < -0.3 is 20.7 Å². The van der Waals surface area contributed by atoms with Crippen molar-refractivity contribution in [2.24, 2.45) is 11.7 Å². The molecule has 12 heteroatoms. The van der Waals surface area contributed by atoms with Crippen LogP contribution in [0, 0.1) is 29.2 Å². The van der Waals surface area contributed by atoms with E-state index in [0.717, 1.165) is 30.7 Å². The highest BCUT2D eigenvalue weighted by Crippen LogP contribution is 2.36. The van der Waals surface area contributed by atoms with E-state index in [1.807, 2.05) is 4.90 Å². The SMILES string of the molecule is CC(C)Oc1cc(F)c(-c2c(F)ccc(C(=O)Nc3cnccc3N3C[C@H](C)C[C@H](N)C3)c2F)c(F)c1.Cl.Cl. The Morgan fingerprint density at radius 1 is 1.05 bits per heavy atom. The van der Waals surface area contributed by atoms with Crippen molar-refractivity contribution in [2.75, 3.05) is 23.3 Å². The van der Waals surface area contributed by atoms with Gasteiger partial charge in [-0.15, -0.1) is 24.8 Å². The number of aromatic nitrogens is 1. The van der Waals surface area contributed by atoms with Crippen molar-refractivity contribution in [2.45, 2.75) is 39.3 Å². The van der Waals surface area contributed by atoms with Crippen molar-refractivity contribution in [1.29, 1.82) is 0 Å². The molecule has 0 saturated carbocycles. The summed E-state index contributed by atoms with van der Waals surface area (Å²) in [5.74, 6) is -5.80. The molecule has 2 atom stereocenters. The third-order valence-electron chi connectivity index (χ3n) is 6.05. The normalized spacial score (nSPS) is 16.8. The van der Waals surface area contributed by atoms with E-state index in [2.05, 4.69) is 17.2 Å². The molecule has 0 radical (unpaired) electrons. The predicted molar refractivity (Wildman–Crippen MR) is 148 cm³/mol. The van der Waals surface area contributed by atoms with Gasteiger partial charge in [0.1, 0.15) is 29.0 Å². The summed E-state index contributed by atoms with van der Waals surface area (Å²) in [6, 6.07) is 5.05. The number of pyridine rings is 1. The first-order valence-corrected chi connectivity index (χ1v) is 11.9. The van der Waals surface area contributed by atoms with Gasteiger partial charge in [0.15, 0.2) is 0 Å². The van der Waals surface area contributed by atoms with Crippen LogP contribution in [0.15, 0.2) is 42.7 Å². The average molecular weight is 589 g/mol. The number of piperidine rings is 1. The van der Waals surface area contributed by atoms with Crippen LogP contribution in [-0.4, -0.2) is 36.1 Å². The Labute approximate surface area is 236 Å². The Kier molecular flexibility index (Phi) is 11.0. The first-order valence-electron chi connectivity index (χ1n) is 11.9. The molecule has 1 aliphatic heterocycles. The van der Waals surface area contributed by atoms with Crippen LogP contribution in [0.5, 0.6) is 5.75 Å². The predicted octanol–water partition coefficient (Wildman–Crippen LogP) is 6.36. The van der Waals surface area contributed by atoms with Crippen LogP contribution in [0.3, 0.4) is 0 Å². The lowest BCUT2D eigenvalue weighted by atomic mass is 9.96. The first kappa shape index (κ1) is 32.1. The summed E-state index contributed by atoms with van der Waals surface area (Å²) in [4.78, 5) is 19.1. The minimum Gasteiger partial charge on any atom is -0.491 e. The lowest BCUT2D eigenvalue weighted by molar-refractivity contribution is 0.102. The molecule has 0 unspecified atom stereocenters. The Bertz CT molecular complexity index is 1300. The van der Waals surface area contributed by atoms with Gasteiger partial charge in [-0.1, -0.05) is 6.92 Å². The third-order valence-corrected chi connectivity index (χ3v) is 6.05. The van der Waals surface area contributed by atoms with Gasteiger partial charge in [0.2, 0.25) is 0 Å². The second-order valence-corrected chi connectivity index (χ2v) is 9.57. The molecule has 1 fully saturated rings. The van der Waals surface area contributed by atoms with E-state index in [0.29, 0.717) is 30.4 Å². The van der Waals surface area contributed by atoms with E-state index in [1.165, 1.54) is 6.20 Å². The van der Waals surface area contributed by atoms with Crippen molar-refractivity contribution in [3.63, 3.8) is 0 Å². The molecule has 3 N–H and O–H groups in total. The molecule has 3 aromatic rings. The minimum absolute atomic E-state index is 0. The summed E-state index contributed by atoms with van der Waals surface area (Å²) in [6.07, 6.45) is 3.47. The van der Waals surface area contributed by atoms with E-state index < -0.39 is 45.9 Å². The summed E-state index contributed by atoms with van der Waals surface area (Å²) >= 11 is 0. The Hall–Kier alpha value is -3.08. The summed E-state index contributed by atoms with van der Waals surface area (Å²) in [5.41, 5.74) is 4.60. The van der Waals surface area contributed by atoms with Crippen LogP contribution >= 0.6 is 24.8 Å². The molecule has 2 heterocycles. The molecule has 212 valence electrons. The number of hydrogen-bond donors (Lipinski definition) is 2. The average Bonchev–Trinajstić information content (AvgIpc) is 2.80. The lowest BCUT2D eigenvalue weighted by Gasteiger charge is -2.37. The molecule has 1 aliphatic rings. The van der Waals surface area contributed by atoms with Crippen molar-refractivity contribution < 1.29 is 27.1 Å². The zero-order chi connectivity index (χ0) is 26.9. The topological polar surface area (TPSA) is 80.5 Å². The summed E-state index contributed by atoms with van der Waals surface area (Å²) in [6.45, 7) is 6.66. The van der Waals surface area contributed by atoms with Crippen LogP contribution in [0.25, 0.3) is 11.1 Å². The molecule has 1 aromatic heterocycles. The number of carbonyl (C=O) groups excluding carboxylic acids is 1. The van der Waals surface area contributed by atoms with E-state index in [4.69, 9.17) is 10.5 Å². The Balaban J connectivity index is 0.00000267. The van der Waals surface area contributed by atoms with Crippen LogP contribution in [0.2, 0.25) is 0 Å². The van der Waals surface area contributed by atoms with Gasteiger partial charge in [0, 0.05) is 37.5 Å². The minimum atomic E-state index is -1.40. The van der Waals surface area contributed by atoms with E-state index >= 15 is 4.39 Å². The third kappa shape index (κ3) is 7.12. The molecule has 6 nitrogen and oxygen atoms in total. The standard InChI is InChI=1S/C27H28F4N4O2.2ClH/c1-14(2)37-17-9-20(29)24(21(30)10-17)25-19(28)5-4-18(26(25)31)27(36)34-22-11-33-7-6-23(22)35-12-15(3)8-16(32)13-35;;/h4-7,9-11,14-16H,8,12-13,32H2,1-3H3,(H,34,36);2*1H/t15-,16+;;/m1../s1. The molecular formula is C27H30Cl2F4N4O2. The fourth-order valence-electron chi connectivity index (χ4n) is 4.63. The maximum Gasteiger partial charge on any atom is 0.258 e. The zero-order valence-corrected chi connectivity index (χ0v) is 23.1. The molecule has 0 bridgehead atoms. The van der Waals surface area contributed by atoms with E-state index in [9.17, 15) is 18.0 Å². The summed E-state index contributed by atoms with van der Waals surface area (Å²) in [5, 5.41) is 2.60. The maximum absolute atomic E-state index is 15.5. The number of carbonyl (C=O) groups is 1. The highest BCUT2D eigenvalue weighted by atomic mass is 35.5. The maximum atomic E-state index is 15.5. The van der Waals surface area contributed by atoms with Gasteiger partial charge in [-0.3, -0.25) is 9.78 Å². The smallest absolute Gasteiger partial charge is 0.258 e. The molecule has 0 aliphatic carbocycles. The van der Waals surface area contributed by atoms with Gasteiger partial charge in [-0.2, -0.15) is 0 Å². The number of amides is 1. The fraction of sp³-hybridized carbons (Fsp3) is 0.333. The molecule has 0 spiro atoms.